The minimum absolute atomic E-state index is 0.0488. The smallest absolute Gasteiger partial charge is 0.231 e. The normalized spacial score (nSPS) is 23.2. The lowest BCUT2D eigenvalue weighted by Gasteiger charge is -2.19. The fourth-order valence-electron chi connectivity index (χ4n) is 3.90. The van der Waals surface area contributed by atoms with E-state index in [0.717, 1.165) is 17.0 Å². The summed E-state index contributed by atoms with van der Waals surface area (Å²) in [6, 6.07) is 9.41. The molecule has 8 nitrogen and oxygen atoms in total. The molecule has 1 aromatic carbocycles. The van der Waals surface area contributed by atoms with Gasteiger partial charge in [0.25, 0.3) is 0 Å². The Bertz CT molecular complexity index is 902. The molecule has 2 aromatic rings. The van der Waals surface area contributed by atoms with E-state index in [1.807, 2.05) is 42.2 Å². The van der Waals surface area contributed by atoms with E-state index in [1.165, 1.54) is 0 Å². The molecular weight excluding hydrogens is 388 g/mol. The molecule has 0 N–H and O–H groups in total. The van der Waals surface area contributed by atoms with Crippen molar-refractivity contribution in [3.8, 4) is 17.2 Å². The van der Waals surface area contributed by atoms with Gasteiger partial charge in [0.2, 0.25) is 12.7 Å². The Hall–Kier alpha value is -2.84. The number of amides is 1. The molecule has 3 aliphatic rings. The van der Waals surface area contributed by atoms with Crippen LogP contribution in [0.1, 0.15) is 11.3 Å². The van der Waals surface area contributed by atoms with Crippen LogP contribution in [-0.2, 0) is 20.7 Å². The molecule has 2 fully saturated rings. The number of hydrogen-bond acceptors (Lipinski definition) is 7. The zero-order valence-corrected chi connectivity index (χ0v) is 16.8. The first kappa shape index (κ1) is 19.1. The number of ether oxygens (including phenoxy) is 5. The molecule has 0 saturated carbocycles. The monoisotopic (exact) mass is 412 g/mol. The van der Waals surface area contributed by atoms with Crippen molar-refractivity contribution >= 4 is 5.91 Å². The molecular formula is C22H24N2O6. The number of carbonyl (C=O) groups is 1. The van der Waals surface area contributed by atoms with Crippen molar-refractivity contribution in [3.63, 3.8) is 0 Å². The summed E-state index contributed by atoms with van der Waals surface area (Å²) >= 11 is 0. The van der Waals surface area contributed by atoms with Gasteiger partial charge in [0, 0.05) is 18.8 Å². The molecule has 3 aliphatic heterocycles. The van der Waals surface area contributed by atoms with Gasteiger partial charge in [-0.05, 0) is 36.8 Å². The van der Waals surface area contributed by atoms with Crippen LogP contribution in [-0.4, -0.2) is 67.2 Å². The SMILES string of the molecule is Cc1ccc(OC2CO[C@H]3CN(C(=O)Cc4ccc5c(c4)OCO5)C[C@@H]3OC2)cn1. The summed E-state index contributed by atoms with van der Waals surface area (Å²) in [5.41, 5.74) is 1.84. The van der Waals surface area contributed by atoms with Gasteiger partial charge in [0.15, 0.2) is 11.5 Å². The highest BCUT2D eigenvalue weighted by molar-refractivity contribution is 5.79. The number of rotatable bonds is 4. The standard InChI is InChI=1S/C22H24N2O6/c1-14-2-4-16(8-23-14)30-17-11-26-20-9-24(10-21(20)27-12-17)22(25)7-15-3-5-18-19(6-15)29-13-28-18/h2-6,8,17,20-21H,7,9-13H2,1H3/t20-,21-/m0/s1. The predicted octanol–water partition coefficient (Wildman–Crippen LogP) is 1.74. The summed E-state index contributed by atoms with van der Waals surface area (Å²) in [7, 11) is 0. The lowest BCUT2D eigenvalue weighted by Crippen LogP contribution is -2.33. The van der Waals surface area contributed by atoms with Crippen molar-refractivity contribution < 1.29 is 28.5 Å². The maximum Gasteiger partial charge on any atom is 0.231 e. The number of benzene rings is 1. The number of likely N-dealkylation sites (tertiary alicyclic amines) is 1. The highest BCUT2D eigenvalue weighted by atomic mass is 16.7. The molecule has 0 radical (unpaired) electrons. The van der Waals surface area contributed by atoms with Gasteiger partial charge in [0.05, 0.1) is 25.8 Å². The summed E-state index contributed by atoms with van der Waals surface area (Å²) in [4.78, 5) is 18.8. The van der Waals surface area contributed by atoms with Crippen LogP contribution in [0, 0.1) is 6.92 Å². The van der Waals surface area contributed by atoms with Crippen LogP contribution in [0.15, 0.2) is 36.5 Å². The Morgan fingerprint density at radius 2 is 1.87 bits per heavy atom. The third-order valence-corrected chi connectivity index (χ3v) is 5.54. The van der Waals surface area contributed by atoms with Crippen LogP contribution < -0.4 is 14.2 Å². The maximum absolute atomic E-state index is 12.8. The zero-order chi connectivity index (χ0) is 20.5. The first-order chi connectivity index (χ1) is 14.6. The molecule has 0 unspecified atom stereocenters. The van der Waals surface area contributed by atoms with Crippen LogP contribution >= 0.6 is 0 Å². The molecule has 1 amide bonds. The first-order valence-corrected chi connectivity index (χ1v) is 10.1. The Labute approximate surface area is 174 Å². The number of hydrogen-bond donors (Lipinski definition) is 0. The van der Waals surface area contributed by atoms with Crippen LogP contribution in [0.5, 0.6) is 17.2 Å². The summed E-state index contributed by atoms with van der Waals surface area (Å²) < 4.78 is 28.7. The van der Waals surface area contributed by atoms with Crippen molar-refractivity contribution in [1.29, 1.82) is 0 Å². The summed E-state index contributed by atoms with van der Waals surface area (Å²) in [5.74, 6) is 2.15. The molecule has 2 atom stereocenters. The van der Waals surface area contributed by atoms with E-state index >= 15 is 0 Å². The van der Waals surface area contributed by atoms with E-state index in [2.05, 4.69) is 4.98 Å². The molecule has 4 heterocycles. The molecule has 0 aliphatic carbocycles. The number of pyridine rings is 1. The third kappa shape index (κ3) is 4.06. The Kier molecular flexibility index (Phi) is 5.18. The van der Waals surface area contributed by atoms with Crippen molar-refractivity contribution in [2.45, 2.75) is 31.7 Å². The summed E-state index contributed by atoms with van der Waals surface area (Å²) in [6.07, 6.45) is 1.53. The van der Waals surface area contributed by atoms with E-state index in [4.69, 9.17) is 23.7 Å². The second-order valence-electron chi connectivity index (χ2n) is 7.78. The van der Waals surface area contributed by atoms with Crippen molar-refractivity contribution in [2.75, 3.05) is 33.1 Å². The quantitative estimate of drug-likeness (QED) is 0.757. The van der Waals surface area contributed by atoms with Crippen LogP contribution in [0.25, 0.3) is 0 Å². The van der Waals surface area contributed by atoms with Crippen LogP contribution in [0.4, 0.5) is 0 Å². The number of aromatic nitrogens is 1. The fraction of sp³-hybridized carbons (Fsp3) is 0.455. The number of aryl methyl sites for hydroxylation is 1. The minimum atomic E-state index is -0.196. The molecule has 1 aromatic heterocycles. The largest absolute Gasteiger partial charge is 0.484 e. The minimum Gasteiger partial charge on any atom is -0.484 e. The molecule has 158 valence electrons. The van der Waals surface area contributed by atoms with Crippen LogP contribution in [0.2, 0.25) is 0 Å². The number of carbonyl (C=O) groups excluding carboxylic acids is 1. The molecule has 30 heavy (non-hydrogen) atoms. The number of fused-ring (bicyclic) bond motifs is 2. The van der Waals surface area contributed by atoms with Crippen molar-refractivity contribution in [3.05, 3.63) is 47.8 Å². The van der Waals surface area contributed by atoms with E-state index in [0.29, 0.717) is 44.2 Å². The summed E-state index contributed by atoms with van der Waals surface area (Å²) in [6.45, 7) is 4.03. The Morgan fingerprint density at radius 3 is 2.60 bits per heavy atom. The Balaban J connectivity index is 1.14. The average molecular weight is 412 g/mol. The second kappa shape index (κ2) is 8.12. The van der Waals surface area contributed by atoms with Gasteiger partial charge in [-0.1, -0.05) is 6.07 Å². The topological polar surface area (TPSA) is 79.4 Å². The molecule has 2 saturated heterocycles. The fourth-order valence-corrected chi connectivity index (χ4v) is 3.90. The third-order valence-electron chi connectivity index (χ3n) is 5.54. The molecule has 5 rings (SSSR count). The van der Waals surface area contributed by atoms with Gasteiger partial charge < -0.3 is 28.6 Å². The average Bonchev–Trinajstić information content (AvgIpc) is 3.34. The van der Waals surface area contributed by atoms with Gasteiger partial charge in [-0.25, -0.2) is 0 Å². The summed E-state index contributed by atoms with van der Waals surface area (Å²) in [5, 5.41) is 0. The van der Waals surface area contributed by atoms with E-state index in [-0.39, 0.29) is 31.0 Å². The van der Waals surface area contributed by atoms with Gasteiger partial charge in [-0.2, -0.15) is 0 Å². The van der Waals surface area contributed by atoms with Crippen molar-refractivity contribution in [1.82, 2.24) is 9.88 Å². The van der Waals surface area contributed by atoms with E-state index in [1.54, 1.807) is 6.20 Å². The molecule has 0 spiro atoms. The predicted molar refractivity (Wildman–Crippen MR) is 106 cm³/mol. The first-order valence-electron chi connectivity index (χ1n) is 10.1. The van der Waals surface area contributed by atoms with Gasteiger partial charge >= 0.3 is 0 Å². The van der Waals surface area contributed by atoms with Gasteiger partial charge in [0.1, 0.15) is 24.1 Å². The second-order valence-corrected chi connectivity index (χ2v) is 7.78. The lowest BCUT2D eigenvalue weighted by atomic mass is 10.1. The van der Waals surface area contributed by atoms with Crippen molar-refractivity contribution in [2.24, 2.45) is 0 Å². The number of nitrogens with zero attached hydrogens (tertiary/aromatic N) is 2. The lowest BCUT2D eigenvalue weighted by molar-refractivity contribution is -0.130. The molecule has 8 heteroatoms. The van der Waals surface area contributed by atoms with Gasteiger partial charge in [-0.15, -0.1) is 0 Å². The highest BCUT2D eigenvalue weighted by Gasteiger charge is 2.39. The van der Waals surface area contributed by atoms with E-state index in [9.17, 15) is 4.79 Å². The molecule has 0 bridgehead atoms. The highest BCUT2D eigenvalue weighted by Crippen LogP contribution is 2.33. The van der Waals surface area contributed by atoms with Gasteiger partial charge in [-0.3, -0.25) is 9.78 Å². The zero-order valence-electron chi connectivity index (χ0n) is 16.8. The maximum atomic E-state index is 12.8. The van der Waals surface area contributed by atoms with Crippen LogP contribution in [0.3, 0.4) is 0 Å². The Morgan fingerprint density at radius 1 is 1.10 bits per heavy atom. The van der Waals surface area contributed by atoms with E-state index < -0.39 is 0 Å².